The van der Waals surface area contributed by atoms with E-state index in [0.29, 0.717) is 13.0 Å². The van der Waals surface area contributed by atoms with E-state index in [1.807, 2.05) is 0 Å². The molecule has 0 radical (unpaired) electrons. The highest BCUT2D eigenvalue weighted by atomic mass is 31.2. The Morgan fingerprint density at radius 3 is 2.22 bits per heavy atom. The van der Waals surface area contributed by atoms with E-state index in [9.17, 15) is 29.7 Å². The Bertz CT molecular complexity index is 280. The minimum atomic E-state index is -1.83. The number of halogens is 1. The minimum Gasteiger partial charge on any atom is -0.390 e. The van der Waals surface area contributed by atoms with Gasteiger partial charge in [-0.25, -0.2) is 4.39 Å². The first-order chi connectivity index (χ1) is 8.43. The Balaban J connectivity index is 2.05. The molecule has 5 N–H and O–H groups in total. The summed E-state index contributed by atoms with van der Waals surface area (Å²) in [5.74, 6) is -1.01. The molecule has 0 spiro atoms. The first-order valence-corrected chi connectivity index (χ1v) is 7.19. The van der Waals surface area contributed by atoms with Crippen molar-refractivity contribution in [3.63, 3.8) is 0 Å². The highest BCUT2D eigenvalue weighted by Crippen LogP contribution is 2.49. The van der Waals surface area contributed by atoms with E-state index in [4.69, 9.17) is 4.52 Å². The number of rotatable bonds is 2. The lowest BCUT2D eigenvalue weighted by Gasteiger charge is -2.41. The number of alkyl halides is 1. The predicted molar refractivity (Wildman–Crippen MR) is 60.5 cm³/mol. The van der Waals surface area contributed by atoms with Crippen LogP contribution in [-0.2, 0) is 4.52 Å². The zero-order chi connectivity index (χ0) is 13.4. The summed E-state index contributed by atoms with van der Waals surface area (Å²) in [6.45, 7) is 0.389. The summed E-state index contributed by atoms with van der Waals surface area (Å²) in [6.07, 6.45) is -7.60. The van der Waals surface area contributed by atoms with E-state index in [2.05, 4.69) is 0 Å². The Labute approximate surface area is 105 Å². The molecule has 0 amide bonds. The quantitative estimate of drug-likeness (QED) is 0.411. The summed E-state index contributed by atoms with van der Waals surface area (Å²) in [5, 5.41) is 38.1. The van der Waals surface area contributed by atoms with Crippen molar-refractivity contribution >= 4 is 8.38 Å². The first-order valence-electron chi connectivity index (χ1n) is 5.91. The van der Waals surface area contributed by atoms with Crippen LogP contribution >= 0.6 is 8.38 Å². The maximum absolute atomic E-state index is 13.9. The molecule has 2 aliphatic rings. The largest absolute Gasteiger partial charge is 0.390 e. The van der Waals surface area contributed by atoms with Crippen LogP contribution in [-0.4, -0.2) is 68.2 Å². The van der Waals surface area contributed by atoms with Crippen LogP contribution in [0.25, 0.3) is 0 Å². The lowest BCUT2D eigenvalue weighted by Crippen LogP contribution is -2.60. The molecule has 1 aliphatic carbocycles. The van der Waals surface area contributed by atoms with Crippen molar-refractivity contribution in [2.45, 2.75) is 49.1 Å². The molecule has 8 atom stereocenters. The van der Waals surface area contributed by atoms with Gasteiger partial charge in [0, 0.05) is 11.6 Å². The van der Waals surface area contributed by atoms with Crippen LogP contribution < -0.4 is 0 Å². The van der Waals surface area contributed by atoms with Gasteiger partial charge in [-0.3, -0.25) is 0 Å². The van der Waals surface area contributed by atoms with Crippen molar-refractivity contribution in [2.75, 3.05) is 6.61 Å². The number of hydrogen-bond donors (Lipinski definition) is 5. The van der Waals surface area contributed by atoms with Crippen LogP contribution in [0.1, 0.15) is 12.8 Å². The monoisotopic (exact) mass is 284 g/mol. The fourth-order valence-corrected chi connectivity index (χ4v) is 3.83. The van der Waals surface area contributed by atoms with E-state index >= 15 is 0 Å². The lowest BCUT2D eigenvalue weighted by atomic mass is 9.77. The lowest BCUT2D eigenvalue weighted by molar-refractivity contribution is -0.188. The molecule has 1 saturated carbocycles. The van der Waals surface area contributed by atoms with E-state index in [1.165, 1.54) is 0 Å². The fraction of sp³-hybridized carbons (Fsp3) is 1.00. The second-order valence-corrected chi connectivity index (χ2v) is 6.48. The molecular formula is C10H18FO6P. The highest BCUT2D eigenvalue weighted by molar-refractivity contribution is 7.47. The van der Waals surface area contributed by atoms with Crippen LogP contribution in [0.15, 0.2) is 0 Å². The van der Waals surface area contributed by atoms with Crippen molar-refractivity contribution in [2.24, 2.45) is 5.92 Å². The third-order valence-electron chi connectivity index (χ3n) is 3.75. The second kappa shape index (κ2) is 5.63. The molecule has 106 valence electrons. The molecule has 0 aromatic carbocycles. The van der Waals surface area contributed by atoms with E-state index in [-0.39, 0.29) is 12.1 Å². The maximum Gasteiger partial charge on any atom is 0.171 e. The van der Waals surface area contributed by atoms with E-state index in [0.717, 1.165) is 0 Å². The van der Waals surface area contributed by atoms with Crippen LogP contribution in [0.2, 0.25) is 0 Å². The Hall–Kier alpha value is 0.120. The van der Waals surface area contributed by atoms with Crippen molar-refractivity contribution in [3.8, 4) is 0 Å². The van der Waals surface area contributed by atoms with Crippen LogP contribution in [0, 0.1) is 5.92 Å². The van der Waals surface area contributed by atoms with Crippen LogP contribution in [0.3, 0.4) is 0 Å². The standard InChI is InChI=1S/C10H18FO6P/c11-6-5(3-4-1-2-17-18(4)16)7(12)9(14)10(15)8(6)13/h4-10,12-16H,1-3H2/t4?,5?,6?,7-,8+,9?,10?,18?/m1/s1. The van der Waals surface area contributed by atoms with E-state index in [1.54, 1.807) is 0 Å². The van der Waals surface area contributed by atoms with Crippen LogP contribution in [0.4, 0.5) is 4.39 Å². The van der Waals surface area contributed by atoms with Crippen molar-refractivity contribution in [1.29, 1.82) is 0 Å². The van der Waals surface area contributed by atoms with Crippen molar-refractivity contribution in [3.05, 3.63) is 0 Å². The van der Waals surface area contributed by atoms with Gasteiger partial charge in [-0.1, -0.05) is 0 Å². The Kier molecular flexibility index (Phi) is 4.54. The predicted octanol–water partition coefficient (Wildman–Crippen LogP) is -1.12. The summed E-state index contributed by atoms with van der Waals surface area (Å²) in [4.78, 5) is 9.54. The molecule has 0 aromatic heterocycles. The molecule has 0 aromatic rings. The van der Waals surface area contributed by atoms with Crippen LogP contribution in [0.5, 0.6) is 0 Å². The molecule has 1 heterocycles. The average Bonchev–Trinajstić information content (AvgIpc) is 2.75. The molecular weight excluding hydrogens is 266 g/mol. The normalized spacial score (nSPS) is 53.7. The van der Waals surface area contributed by atoms with Gasteiger partial charge in [-0.2, -0.15) is 0 Å². The van der Waals surface area contributed by atoms with Gasteiger partial charge in [0.05, 0.1) is 12.7 Å². The fourth-order valence-electron chi connectivity index (χ4n) is 2.58. The average molecular weight is 284 g/mol. The molecule has 2 fully saturated rings. The molecule has 8 heteroatoms. The number of hydrogen-bond acceptors (Lipinski definition) is 6. The second-order valence-electron chi connectivity index (χ2n) is 4.88. The zero-order valence-corrected chi connectivity index (χ0v) is 10.5. The third-order valence-corrected chi connectivity index (χ3v) is 5.30. The molecule has 18 heavy (non-hydrogen) atoms. The zero-order valence-electron chi connectivity index (χ0n) is 9.63. The van der Waals surface area contributed by atoms with Gasteiger partial charge >= 0.3 is 0 Å². The molecule has 0 bridgehead atoms. The molecule has 1 saturated heterocycles. The summed E-state index contributed by atoms with van der Waals surface area (Å²) < 4.78 is 18.9. The van der Waals surface area contributed by atoms with Gasteiger partial charge in [0.15, 0.2) is 8.38 Å². The summed E-state index contributed by atoms with van der Waals surface area (Å²) >= 11 is 0. The topological polar surface area (TPSA) is 110 Å². The van der Waals surface area contributed by atoms with Gasteiger partial charge in [0.2, 0.25) is 0 Å². The Morgan fingerprint density at radius 2 is 1.67 bits per heavy atom. The smallest absolute Gasteiger partial charge is 0.171 e. The van der Waals surface area contributed by atoms with Gasteiger partial charge in [-0.15, -0.1) is 0 Å². The molecule has 2 rings (SSSR count). The SMILES string of the molecule is OC1C(O)[C@H](O)C(CC2CCOP2O)C(F)[C@@H]1O. The summed E-state index contributed by atoms with van der Waals surface area (Å²) in [6, 6.07) is 0. The minimum absolute atomic E-state index is 0.116. The number of aliphatic hydroxyl groups excluding tert-OH is 4. The summed E-state index contributed by atoms with van der Waals surface area (Å²) in [7, 11) is -1.63. The number of aliphatic hydroxyl groups is 4. The summed E-state index contributed by atoms with van der Waals surface area (Å²) in [5.41, 5.74) is -0.271. The van der Waals surface area contributed by atoms with Gasteiger partial charge in [0.1, 0.15) is 24.5 Å². The van der Waals surface area contributed by atoms with E-state index < -0.39 is 44.9 Å². The van der Waals surface area contributed by atoms with Crippen molar-refractivity contribution in [1.82, 2.24) is 0 Å². The molecule has 6 unspecified atom stereocenters. The van der Waals surface area contributed by atoms with Gasteiger partial charge in [-0.05, 0) is 12.8 Å². The first kappa shape index (κ1) is 14.5. The highest BCUT2D eigenvalue weighted by Gasteiger charge is 2.50. The van der Waals surface area contributed by atoms with Gasteiger partial charge in [0.25, 0.3) is 0 Å². The molecule has 1 aliphatic heterocycles. The third kappa shape index (κ3) is 2.54. The van der Waals surface area contributed by atoms with Gasteiger partial charge < -0.3 is 29.8 Å². The molecule has 6 nitrogen and oxygen atoms in total. The maximum atomic E-state index is 13.9. The Morgan fingerprint density at radius 1 is 1.06 bits per heavy atom. The van der Waals surface area contributed by atoms with Crippen molar-refractivity contribution < 1.29 is 34.2 Å².